The van der Waals surface area contributed by atoms with E-state index < -0.39 is 0 Å². The van der Waals surface area contributed by atoms with Crippen LogP contribution in [0.4, 0.5) is 0 Å². The Bertz CT molecular complexity index is 370. The van der Waals surface area contributed by atoms with Crippen LogP contribution in [0.3, 0.4) is 0 Å². The SMILES string of the molecule is O=C(c1ccoc1Br)N1CCC(CBr)CC1. The lowest BCUT2D eigenvalue weighted by atomic mass is 9.99. The van der Waals surface area contributed by atoms with Crippen molar-refractivity contribution >= 4 is 37.8 Å². The molecule has 5 heteroatoms. The quantitative estimate of drug-likeness (QED) is 0.767. The first-order valence-electron chi connectivity index (χ1n) is 5.30. The Morgan fingerprint density at radius 3 is 2.69 bits per heavy atom. The van der Waals surface area contributed by atoms with Gasteiger partial charge in [0.1, 0.15) is 0 Å². The molecule has 0 radical (unpaired) electrons. The van der Waals surface area contributed by atoms with E-state index in [0.717, 1.165) is 31.3 Å². The molecule has 1 saturated heterocycles. The van der Waals surface area contributed by atoms with Gasteiger partial charge in [-0.05, 0) is 40.8 Å². The summed E-state index contributed by atoms with van der Waals surface area (Å²) in [5.41, 5.74) is 0.622. The van der Waals surface area contributed by atoms with Crippen molar-refractivity contribution in [2.75, 3.05) is 18.4 Å². The molecule has 2 rings (SSSR count). The first kappa shape index (κ1) is 12.2. The molecule has 0 aliphatic carbocycles. The predicted octanol–water partition coefficient (Wildman–Crippen LogP) is 3.29. The van der Waals surface area contributed by atoms with E-state index in [4.69, 9.17) is 4.42 Å². The number of furan rings is 1. The number of nitrogens with zero attached hydrogens (tertiary/aromatic N) is 1. The van der Waals surface area contributed by atoms with Crippen LogP contribution in [0, 0.1) is 5.92 Å². The molecule has 0 saturated carbocycles. The highest BCUT2D eigenvalue weighted by molar-refractivity contribution is 9.10. The van der Waals surface area contributed by atoms with Crippen molar-refractivity contribution in [1.82, 2.24) is 4.90 Å². The van der Waals surface area contributed by atoms with Gasteiger partial charge in [0.2, 0.25) is 0 Å². The maximum Gasteiger partial charge on any atom is 0.258 e. The first-order chi connectivity index (χ1) is 7.72. The second-order valence-electron chi connectivity index (χ2n) is 4.00. The molecule has 0 aromatic carbocycles. The van der Waals surface area contributed by atoms with Crippen molar-refractivity contribution in [3.05, 3.63) is 22.6 Å². The molecule has 0 unspecified atom stereocenters. The highest BCUT2D eigenvalue weighted by Crippen LogP contribution is 2.24. The van der Waals surface area contributed by atoms with Crippen molar-refractivity contribution in [3.8, 4) is 0 Å². The molecule has 16 heavy (non-hydrogen) atoms. The number of likely N-dealkylation sites (tertiary alicyclic amines) is 1. The lowest BCUT2D eigenvalue weighted by Gasteiger charge is -2.30. The van der Waals surface area contributed by atoms with E-state index in [0.29, 0.717) is 16.2 Å². The van der Waals surface area contributed by atoms with Gasteiger partial charge in [0.15, 0.2) is 4.67 Å². The van der Waals surface area contributed by atoms with Crippen LogP contribution in [0.5, 0.6) is 0 Å². The van der Waals surface area contributed by atoms with Gasteiger partial charge in [0.05, 0.1) is 11.8 Å². The van der Waals surface area contributed by atoms with Crippen LogP contribution in [-0.4, -0.2) is 29.2 Å². The number of hydrogen-bond acceptors (Lipinski definition) is 2. The second kappa shape index (κ2) is 5.36. The third kappa shape index (κ3) is 2.51. The van der Waals surface area contributed by atoms with Gasteiger partial charge >= 0.3 is 0 Å². The molecule has 1 aromatic rings. The summed E-state index contributed by atoms with van der Waals surface area (Å²) in [6.07, 6.45) is 3.68. The molecule has 0 N–H and O–H groups in total. The lowest BCUT2D eigenvalue weighted by Crippen LogP contribution is -2.38. The Hall–Kier alpha value is -0.290. The fraction of sp³-hybridized carbons (Fsp3) is 0.545. The maximum absolute atomic E-state index is 12.1. The van der Waals surface area contributed by atoms with Gasteiger partial charge in [-0.2, -0.15) is 0 Å². The van der Waals surface area contributed by atoms with Crippen LogP contribution in [0.2, 0.25) is 0 Å². The van der Waals surface area contributed by atoms with Gasteiger partial charge in [-0.3, -0.25) is 4.79 Å². The molecule has 1 aliphatic rings. The molecule has 0 atom stereocenters. The summed E-state index contributed by atoms with van der Waals surface area (Å²) in [6.45, 7) is 1.68. The van der Waals surface area contributed by atoms with E-state index in [2.05, 4.69) is 31.9 Å². The normalized spacial score (nSPS) is 17.8. The molecule has 1 amide bonds. The molecule has 0 bridgehead atoms. The minimum Gasteiger partial charge on any atom is -0.457 e. The zero-order valence-corrected chi connectivity index (χ0v) is 12.0. The third-order valence-corrected chi connectivity index (χ3v) is 4.50. The fourth-order valence-corrected chi connectivity index (χ4v) is 2.96. The van der Waals surface area contributed by atoms with Crippen molar-refractivity contribution in [1.29, 1.82) is 0 Å². The molecule has 0 spiro atoms. The highest BCUT2D eigenvalue weighted by atomic mass is 79.9. The van der Waals surface area contributed by atoms with Gasteiger partial charge in [0, 0.05) is 18.4 Å². The van der Waals surface area contributed by atoms with E-state index >= 15 is 0 Å². The molecule has 1 aromatic heterocycles. The number of carbonyl (C=O) groups is 1. The van der Waals surface area contributed by atoms with Crippen LogP contribution in [0.1, 0.15) is 23.2 Å². The molecular weight excluding hydrogens is 338 g/mol. The third-order valence-electron chi connectivity index (χ3n) is 2.97. The van der Waals surface area contributed by atoms with Gasteiger partial charge in [-0.25, -0.2) is 0 Å². The number of rotatable bonds is 2. The summed E-state index contributed by atoms with van der Waals surface area (Å²) < 4.78 is 5.61. The zero-order valence-electron chi connectivity index (χ0n) is 8.79. The minimum absolute atomic E-state index is 0.0636. The summed E-state index contributed by atoms with van der Waals surface area (Å²) in [5.74, 6) is 0.769. The van der Waals surface area contributed by atoms with Crippen LogP contribution in [0.25, 0.3) is 0 Å². The Morgan fingerprint density at radius 1 is 1.50 bits per heavy atom. The Labute approximate surface area is 111 Å². The van der Waals surface area contributed by atoms with E-state index in [1.807, 2.05) is 4.90 Å². The predicted molar refractivity (Wildman–Crippen MR) is 68.8 cm³/mol. The second-order valence-corrected chi connectivity index (χ2v) is 5.37. The van der Waals surface area contributed by atoms with Crippen LogP contribution < -0.4 is 0 Å². The molecular formula is C11H13Br2NO2. The average molecular weight is 351 g/mol. The smallest absolute Gasteiger partial charge is 0.258 e. The number of carbonyl (C=O) groups excluding carboxylic acids is 1. The monoisotopic (exact) mass is 349 g/mol. The van der Waals surface area contributed by atoms with Crippen molar-refractivity contribution < 1.29 is 9.21 Å². The largest absolute Gasteiger partial charge is 0.457 e. The summed E-state index contributed by atoms with van der Waals surface area (Å²) in [7, 11) is 0. The zero-order chi connectivity index (χ0) is 11.5. The van der Waals surface area contributed by atoms with E-state index in [9.17, 15) is 4.79 Å². The minimum atomic E-state index is 0.0636. The van der Waals surface area contributed by atoms with Gasteiger partial charge in [-0.1, -0.05) is 15.9 Å². The Balaban J connectivity index is 2.00. The van der Waals surface area contributed by atoms with Crippen LogP contribution in [0.15, 0.2) is 21.4 Å². The fourth-order valence-electron chi connectivity index (χ4n) is 1.91. The summed E-state index contributed by atoms with van der Waals surface area (Å²) in [5, 5.41) is 1.03. The molecule has 1 fully saturated rings. The Kier molecular flexibility index (Phi) is 4.08. The van der Waals surface area contributed by atoms with Crippen molar-refractivity contribution in [2.45, 2.75) is 12.8 Å². The summed E-state index contributed by atoms with van der Waals surface area (Å²) in [4.78, 5) is 14.0. The highest BCUT2D eigenvalue weighted by Gasteiger charge is 2.25. The van der Waals surface area contributed by atoms with E-state index in [1.54, 1.807) is 6.07 Å². The van der Waals surface area contributed by atoms with Gasteiger partial charge in [0.25, 0.3) is 5.91 Å². The topological polar surface area (TPSA) is 33.5 Å². The lowest BCUT2D eigenvalue weighted by molar-refractivity contribution is 0.0697. The summed E-state index contributed by atoms with van der Waals surface area (Å²) in [6, 6.07) is 1.71. The average Bonchev–Trinajstić information content (AvgIpc) is 2.75. The van der Waals surface area contributed by atoms with Crippen LogP contribution in [-0.2, 0) is 0 Å². The van der Waals surface area contributed by atoms with Gasteiger partial charge < -0.3 is 9.32 Å². The molecule has 1 aliphatic heterocycles. The van der Waals surface area contributed by atoms with Crippen LogP contribution >= 0.6 is 31.9 Å². The van der Waals surface area contributed by atoms with Crippen molar-refractivity contribution in [3.63, 3.8) is 0 Å². The molecule has 3 nitrogen and oxygen atoms in total. The molecule has 2 heterocycles. The van der Waals surface area contributed by atoms with E-state index in [1.165, 1.54) is 6.26 Å². The number of piperidine rings is 1. The maximum atomic E-state index is 12.1. The first-order valence-corrected chi connectivity index (χ1v) is 7.22. The summed E-state index contributed by atoms with van der Waals surface area (Å²) >= 11 is 6.73. The van der Waals surface area contributed by atoms with Gasteiger partial charge in [-0.15, -0.1) is 0 Å². The van der Waals surface area contributed by atoms with Crippen molar-refractivity contribution in [2.24, 2.45) is 5.92 Å². The number of halogens is 2. The standard InChI is InChI=1S/C11H13Br2NO2/c12-7-8-1-4-14(5-2-8)11(15)9-3-6-16-10(9)13/h3,6,8H,1-2,4-5,7H2. The number of amides is 1. The Morgan fingerprint density at radius 2 is 2.19 bits per heavy atom. The molecule has 88 valence electrons. The van der Waals surface area contributed by atoms with E-state index in [-0.39, 0.29) is 5.91 Å². The number of alkyl halides is 1. The number of hydrogen-bond donors (Lipinski definition) is 0.